The Bertz CT molecular complexity index is 303. The summed E-state index contributed by atoms with van der Waals surface area (Å²) < 4.78 is 0. The number of anilines is 2. The van der Waals surface area contributed by atoms with Crippen molar-refractivity contribution in [1.29, 1.82) is 0 Å². The van der Waals surface area contributed by atoms with E-state index in [2.05, 4.69) is 34.9 Å². The summed E-state index contributed by atoms with van der Waals surface area (Å²) in [4.78, 5) is 0. The van der Waals surface area contributed by atoms with Crippen molar-refractivity contribution in [2.45, 2.75) is 6.92 Å². The molecule has 0 aliphatic heterocycles. The van der Waals surface area contributed by atoms with Crippen LogP contribution in [0.15, 0.2) is 24.3 Å². The number of nitrogens with one attached hydrogen (secondary N) is 2. The van der Waals surface area contributed by atoms with Crippen LogP contribution in [0.1, 0.15) is 12.5 Å². The predicted octanol–water partition coefficient (Wildman–Crippen LogP) is 2.80. The van der Waals surface area contributed by atoms with Gasteiger partial charge in [-0.15, -0.1) is 0 Å². The number of benzene rings is 1. The van der Waals surface area contributed by atoms with Crippen LogP contribution >= 0.6 is 0 Å². The summed E-state index contributed by atoms with van der Waals surface area (Å²) in [6.07, 6.45) is 4.13. The lowest BCUT2D eigenvalue weighted by Gasteiger charge is -2.08. The van der Waals surface area contributed by atoms with Crippen molar-refractivity contribution in [3.63, 3.8) is 0 Å². The summed E-state index contributed by atoms with van der Waals surface area (Å²) >= 11 is 0. The van der Waals surface area contributed by atoms with Gasteiger partial charge in [-0.25, -0.2) is 0 Å². The Morgan fingerprint density at radius 3 is 2.46 bits per heavy atom. The summed E-state index contributed by atoms with van der Waals surface area (Å²) in [7, 11) is 3.85. The lowest BCUT2D eigenvalue weighted by molar-refractivity contribution is 1.45. The molecule has 0 bridgehead atoms. The third kappa shape index (κ3) is 2.25. The van der Waals surface area contributed by atoms with E-state index in [4.69, 9.17) is 0 Å². The van der Waals surface area contributed by atoms with Gasteiger partial charge in [-0.1, -0.05) is 18.2 Å². The molecule has 2 N–H and O–H groups in total. The molecule has 0 aliphatic rings. The quantitative estimate of drug-likeness (QED) is 0.740. The van der Waals surface area contributed by atoms with Gasteiger partial charge in [0.05, 0.1) is 0 Å². The molecule has 13 heavy (non-hydrogen) atoms. The molecule has 0 heterocycles. The SMILES string of the molecule is CC=Cc1ccc(NC)cc1NC. The van der Waals surface area contributed by atoms with Crippen LogP contribution in [0.2, 0.25) is 0 Å². The zero-order chi connectivity index (χ0) is 9.68. The van der Waals surface area contributed by atoms with Crippen LogP contribution < -0.4 is 10.6 Å². The van der Waals surface area contributed by atoms with E-state index < -0.39 is 0 Å². The van der Waals surface area contributed by atoms with Crippen molar-refractivity contribution in [1.82, 2.24) is 0 Å². The Balaban J connectivity index is 3.07. The van der Waals surface area contributed by atoms with Crippen molar-refractivity contribution in [2.75, 3.05) is 24.7 Å². The van der Waals surface area contributed by atoms with Gasteiger partial charge in [0.1, 0.15) is 0 Å². The van der Waals surface area contributed by atoms with Gasteiger partial charge in [-0.2, -0.15) is 0 Å². The Morgan fingerprint density at radius 2 is 1.92 bits per heavy atom. The monoisotopic (exact) mass is 176 g/mol. The Kier molecular flexibility index (Phi) is 3.38. The third-order valence-electron chi connectivity index (χ3n) is 1.96. The van der Waals surface area contributed by atoms with Crippen LogP contribution in [-0.2, 0) is 0 Å². The van der Waals surface area contributed by atoms with Gasteiger partial charge in [-0.05, 0) is 24.6 Å². The van der Waals surface area contributed by atoms with Crippen molar-refractivity contribution >= 4 is 17.5 Å². The second-order valence-corrected chi connectivity index (χ2v) is 2.80. The summed E-state index contributed by atoms with van der Waals surface area (Å²) in [6.45, 7) is 2.02. The summed E-state index contributed by atoms with van der Waals surface area (Å²) in [5, 5.41) is 6.27. The minimum atomic E-state index is 1.12. The van der Waals surface area contributed by atoms with Gasteiger partial charge < -0.3 is 10.6 Å². The van der Waals surface area contributed by atoms with Gasteiger partial charge in [0.25, 0.3) is 0 Å². The number of allylic oxidation sites excluding steroid dienone is 1. The van der Waals surface area contributed by atoms with E-state index in [0.717, 1.165) is 11.4 Å². The summed E-state index contributed by atoms with van der Waals surface area (Å²) in [5.41, 5.74) is 3.48. The highest BCUT2D eigenvalue weighted by molar-refractivity contribution is 5.70. The summed E-state index contributed by atoms with van der Waals surface area (Å²) in [5.74, 6) is 0. The van der Waals surface area contributed by atoms with Crippen molar-refractivity contribution in [3.05, 3.63) is 29.8 Å². The molecule has 2 heteroatoms. The lowest BCUT2D eigenvalue weighted by Crippen LogP contribution is -1.94. The summed E-state index contributed by atoms with van der Waals surface area (Å²) in [6, 6.07) is 6.25. The largest absolute Gasteiger partial charge is 0.388 e. The molecule has 70 valence electrons. The molecule has 1 aromatic rings. The second-order valence-electron chi connectivity index (χ2n) is 2.80. The van der Waals surface area contributed by atoms with E-state index in [1.807, 2.05) is 27.1 Å². The fourth-order valence-electron chi connectivity index (χ4n) is 1.25. The first kappa shape index (κ1) is 9.65. The molecule has 0 unspecified atom stereocenters. The van der Waals surface area contributed by atoms with Gasteiger partial charge in [0, 0.05) is 25.5 Å². The Hall–Kier alpha value is -1.44. The lowest BCUT2D eigenvalue weighted by atomic mass is 10.1. The van der Waals surface area contributed by atoms with Crippen LogP contribution in [0, 0.1) is 0 Å². The zero-order valence-electron chi connectivity index (χ0n) is 8.39. The highest BCUT2D eigenvalue weighted by Crippen LogP contribution is 2.21. The topological polar surface area (TPSA) is 24.1 Å². The molecule has 0 aromatic heterocycles. The molecule has 1 aromatic carbocycles. The fraction of sp³-hybridized carbons (Fsp3) is 0.273. The van der Waals surface area contributed by atoms with Crippen molar-refractivity contribution in [3.8, 4) is 0 Å². The normalized spacial score (nSPS) is 10.4. The second kappa shape index (κ2) is 4.55. The smallest absolute Gasteiger partial charge is 0.0431 e. The maximum absolute atomic E-state index is 3.16. The van der Waals surface area contributed by atoms with Crippen LogP contribution in [0.25, 0.3) is 6.08 Å². The highest BCUT2D eigenvalue weighted by atomic mass is 14.9. The molecule has 1 rings (SSSR count). The Morgan fingerprint density at radius 1 is 1.15 bits per heavy atom. The van der Waals surface area contributed by atoms with Crippen LogP contribution in [-0.4, -0.2) is 14.1 Å². The molecule has 0 radical (unpaired) electrons. The number of rotatable bonds is 3. The van der Waals surface area contributed by atoms with Gasteiger partial charge >= 0.3 is 0 Å². The van der Waals surface area contributed by atoms with Crippen molar-refractivity contribution < 1.29 is 0 Å². The molecule has 2 nitrogen and oxygen atoms in total. The average Bonchev–Trinajstić information content (AvgIpc) is 2.19. The van der Waals surface area contributed by atoms with Crippen LogP contribution in [0.3, 0.4) is 0 Å². The number of hydrogen-bond acceptors (Lipinski definition) is 2. The maximum atomic E-state index is 3.16. The first-order valence-electron chi connectivity index (χ1n) is 4.44. The molecule has 0 saturated carbocycles. The third-order valence-corrected chi connectivity index (χ3v) is 1.96. The standard InChI is InChI=1S/C11H16N2/c1-4-5-9-6-7-10(12-2)8-11(9)13-3/h4-8,12-13H,1-3H3. The predicted molar refractivity (Wildman–Crippen MR) is 60.2 cm³/mol. The van der Waals surface area contributed by atoms with Crippen molar-refractivity contribution in [2.24, 2.45) is 0 Å². The minimum absolute atomic E-state index is 1.12. The van der Waals surface area contributed by atoms with E-state index >= 15 is 0 Å². The number of hydrogen-bond donors (Lipinski definition) is 2. The first-order valence-corrected chi connectivity index (χ1v) is 4.44. The fourth-order valence-corrected chi connectivity index (χ4v) is 1.25. The van der Waals surface area contributed by atoms with E-state index in [-0.39, 0.29) is 0 Å². The molecular weight excluding hydrogens is 160 g/mol. The molecule has 0 spiro atoms. The molecular formula is C11H16N2. The van der Waals surface area contributed by atoms with Gasteiger partial charge in [-0.3, -0.25) is 0 Å². The van der Waals surface area contributed by atoms with Gasteiger partial charge in [0.2, 0.25) is 0 Å². The zero-order valence-corrected chi connectivity index (χ0v) is 8.39. The highest BCUT2D eigenvalue weighted by Gasteiger charge is 1.97. The van der Waals surface area contributed by atoms with E-state index in [9.17, 15) is 0 Å². The first-order chi connectivity index (χ1) is 6.31. The average molecular weight is 176 g/mol. The Labute approximate surface area is 79.7 Å². The van der Waals surface area contributed by atoms with Gasteiger partial charge in [0.15, 0.2) is 0 Å². The molecule has 0 amide bonds. The maximum Gasteiger partial charge on any atom is 0.0431 e. The van der Waals surface area contributed by atoms with Crippen LogP contribution in [0.4, 0.5) is 11.4 Å². The van der Waals surface area contributed by atoms with E-state index in [0.29, 0.717) is 0 Å². The van der Waals surface area contributed by atoms with E-state index in [1.54, 1.807) is 0 Å². The molecule has 0 aliphatic carbocycles. The molecule has 0 saturated heterocycles. The van der Waals surface area contributed by atoms with Crippen LogP contribution in [0.5, 0.6) is 0 Å². The minimum Gasteiger partial charge on any atom is -0.388 e. The molecule has 0 fully saturated rings. The molecule has 0 atom stereocenters. The van der Waals surface area contributed by atoms with E-state index in [1.165, 1.54) is 5.56 Å².